The number of amides is 2. The zero-order valence-corrected chi connectivity index (χ0v) is 25.8. The van der Waals surface area contributed by atoms with Gasteiger partial charge in [0.2, 0.25) is 0 Å². The van der Waals surface area contributed by atoms with Crippen molar-refractivity contribution in [3.8, 4) is 5.69 Å². The molecule has 2 heterocycles. The average Bonchev–Trinajstić information content (AvgIpc) is 3.35. The van der Waals surface area contributed by atoms with E-state index in [-0.39, 0.29) is 22.8 Å². The zero-order chi connectivity index (χ0) is 29.8. The Morgan fingerprint density at radius 2 is 1.61 bits per heavy atom. The van der Waals surface area contributed by atoms with Crippen molar-refractivity contribution in [2.24, 2.45) is 11.3 Å². The lowest BCUT2D eigenvalue weighted by Crippen LogP contribution is -2.38. The van der Waals surface area contributed by atoms with Gasteiger partial charge >= 0.3 is 6.03 Å². The standard InChI is InChI=1S/C34H47N5O2/c1-8-19-34(6,7)31(40)30(25-17-20-35-21-18-25)24-11-13-26(14-12-24)36-32(41)37-29-22-28(33(3,4)5)38-39(29)27-15-9-23(2)10-16-27/h9-16,22,25,30,35H,8,17-21H2,1-7H3,(H2,36,37,41). The number of hydrogen-bond donors (Lipinski definition) is 3. The van der Waals surface area contributed by atoms with Gasteiger partial charge in [-0.3, -0.25) is 10.1 Å². The minimum atomic E-state index is -0.368. The maximum absolute atomic E-state index is 13.9. The van der Waals surface area contributed by atoms with E-state index in [9.17, 15) is 9.59 Å². The van der Waals surface area contributed by atoms with Crippen molar-refractivity contribution in [3.63, 3.8) is 0 Å². The Kier molecular flexibility index (Phi) is 9.37. The van der Waals surface area contributed by atoms with Crippen molar-refractivity contribution in [1.29, 1.82) is 0 Å². The number of nitrogens with one attached hydrogen (secondary N) is 3. The highest BCUT2D eigenvalue weighted by Gasteiger charge is 2.38. The number of nitrogens with zero attached hydrogens (tertiary/aromatic N) is 2. The Morgan fingerprint density at radius 1 is 0.976 bits per heavy atom. The van der Waals surface area contributed by atoms with Gasteiger partial charge in [0, 0.05) is 28.5 Å². The maximum Gasteiger partial charge on any atom is 0.324 e. The molecule has 0 spiro atoms. The first-order valence-corrected chi connectivity index (χ1v) is 15.0. The van der Waals surface area contributed by atoms with Gasteiger partial charge in [0.05, 0.1) is 11.4 Å². The summed E-state index contributed by atoms with van der Waals surface area (Å²) < 4.78 is 1.77. The van der Waals surface area contributed by atoms with E-state index in [1.807, 2.05) is 61.5 Å². The molecule has 3 aromatic rings. The molecule has 220 valence electrons. The summed E-state index contributed by atoms with van der Waals surface area (Å²) in [6.45, 7) is 16.5. The maximum atomic E-state index is 13.9. The van der Waals surface area contributed by atoms with Crippen LogP contribution in [0.1, 0.15) is 90.0 Å². The number of Topliss-reactive ketones (excluding diaryl/α,β-unsaturated/α-hetero) is 1. The van der Waals surface area contributed by atoms with Gasteiger partial charge in [0.1, 0.15) is 11.6 Å². The largest absolute Gasteiger partial charge is 0.324 e. The van der Waals surface area contributed by atoms with Crippen molar-refractivity contribution in [2.45, 2.75) is 85.5 Å². The highest BCUT2D eigenvalue weighted by Crippen LogP contribution is 2.39. The fourth-order valence-electron chi connectivity index (χ4n) is 5.76. The van der Waals surface area contributed by atoms with Crippen LogP contribution < -0.4 is 16.0 Å². The molecule has 0 aliphatic carbocycles. The number of rotatable bonds is 9. The lowest BCUT2D eigenvalue weighted by molar-refractivity contribution is -0.130. The van der Waals surface area contributed by atoms with E-state index in [1.165, 1.54) is 0 Å². The fourth-order valence-corrected chi connectivity index (χ4v) is 5.76. The molecule has 7 nitrogen and oxygen atoms in total. The summed E-state index contributed by atoms with van der Waals surface area (Å²) in [6.07, 6.45) is 3.84. The molecule has 1 saturated heterocycles. The van der Waals surface area contributed by atoms with Crippen LogP contribution in [0.5, 0.6) is 0 Å². The minimum Gasteiger partial charge on any atom is -0.317 e. The number of carbonyl (C=O) groups excluding carboxylic acids is 2. The number of piperidine rings is 1. The quantitative estimate of drug-likeness (QED) is 0.253. The lowest BCUT2D eigenvalue weighted by atomic mass is 9.69. The number of aryl methyl sites for hydroxylation is 1. The van der Waals surface area contributed by atoms with Gasteiger partial charge in [-0.25, -0.2) is 9.48 Å². The van der Waals surface area contributed by atoms with E-state index in [0.29, 0.717) is 23.2 Å². The van der Waals surface area contributed by atoms with E-state index in [0.717, 1.165) is 61.3 Å². The van der Waals surface area contributed by atoms with Crippen LogP contribution in [-0.2, 0) is 10.2 Å². The van der Waals surface area contributed by atoms with Gasteiger partial charge in [-0.15, -0.1) is 0 Å². The SMILES string of the molecule is CCCC(C)(C)C(=O)C(c1ccc(NC(=O)Nc2cc(C(C)(C)C)nn2-c2ccc(C)cc2)cc1)C1CCNCC1. The molecule has 3 N–H and O–H groups in total. The number of aromatic nitrogens is 2. The summed E-state index contributed by atoms with van der Waals surface area (Å²) in [5.41, 5.74) is 4.09. The van der Waals surface area contributed by atoms with Crippen LogP contribution in [0.4, 0.5) is 16.3 Å². The predicted molar refractivity (Wildman–Crippen MR) is 168 cm³/mol. The van der Waals surface area contributed by atoms with Crippen LogP contribution in [0.15, 0.2) is 54.6 Å². The monoisotopic (exact) mass is 557 g/mol. The average molecular weight is 558 g/mol. The van der Waals surface area contributed by atoms with Crippen molar-refractivity contribution in [1.82, 2.24) is 15.1 Å². The predicted octanol–water partition coefficient (Wildman–Crippen LogP) is 7.60. The van der Waals surface area contributed by atoms with Crippen LogP contribution in [0.25, 0.3) is 5.69 Å². The second kappa shape index (κ2) is 12.6. The first kappa shape index (κ1) is 30.5. The van der Waals surface area contributed by atoms with Crippen LogP contribution in [0.3, 0.4) is 0 Å². The molecule has 0 bridgehead atoms. The number of benzene rings is 2. The number of urea groups is 1. The highest BCUT2D eigenvalue weighted by molar-refractivity contribution is 5.99. The van der Waals surface area contributed by atoms with E-state index >= 15 is 0 Å². The van der Waals surface area contributed by atoms with Gasteiger partial charge in [-0.1, -0.05) is 77.8 Å². The molecule has 2 amide bonds. The normalized spacial score (nSPS) is 15.4. The van der Waals surface area contributed by atoms with Gasteiger partial charge in [0.15, 0.2) is 0 Å². The van der Waals surface area contributed by atoms with E-state index in [2.05, 4.69) is 57.5 Å². The number of anilines is 2. The van der Waals surface area contributed by atoms with Crippen LogP contribution in [0.2, 0.25) is 0 Å². The van der Waals surface area contributed by atoms with E-state index < -0.39 is 0 Å². The third-order valence-corrected chi connectivity index (χ3v) is 8.21. The summed E-state index contributed by atoms with van der Waals surface area (Å²) in [7, 11) is 0. The first-order valence-electron chi connectivity index (χ1n) is 15.0. The Morgan fingerprint density at radius 3 is 2.20 bits per heavy atom. The molecule has 1 aliphatic rings. The Hall–Kier alpha value is -3.45. The molecule has 1 aromatic heterocycles. The summed E-state index contributed by atoms with van der Waals surface area (Å²) in [5, 5.41) is 14.2. The van der Waals surface area contributed by atoms with Crippen molar-refractivity contribution < 1.29 is 9.59 Å². The topological polar surface area (TPSA) is 88.1 Å². The molecule has 7 heteroatoms. The zero-order valence-electron chi connectivity index (χ0n) is 25.8. The smallest absolute Gasteiger partial charge is 0.317 e. The van der Waals surface area contributed by atoms with Crippen molar-refractivity contribution >= 4 is 23.3 Å². The van der Waals surface area contributed by atoms with Crippen LogP contribution in [0, 0.1) is 18.3 Å². The second-order valence-electron chi connectivity index (χ2n) is 13.2. The molecule has 0 radical (unpaired) electrons. The van der Waals surface area contributed by atoms with Gasteiger partial charge in [-0.05, 0) is 75.0 Å². The molecule has 4 rings (SSSR count). The molecule has 1 aliphatic heterocycles. The Labute approximate surface area is 245 Å². The number of ketones is 1. The van der Waals surface area contributed by atoms with Gasteiger partial charge in [0.25, 0.3) is 0 Å². The van der Waals surface area contributed by atoms with Crippen molar-refractivity contribution in [2.75, 3.05) is 23.7 Å². The fraction of sp³-hybridized carbons (Fsp3) is 0.500. The number of carbonyl (C=O) groups is 2. The van der Waals surface area contributed by atoms with Crippen LogP contribution in [-0.4, -0.2) is 34.7 Å². The van der Waals surface area contributed by atoms with Crippen molar-refractivity contribution in [3.05, 3.63) is 71.4 Å². The summed E-state index contributed by atoms with van der Waals surface area (Å²) in [5.74, 6) is 1.11. The molecule has 2 aromatic carbocycles. The summed E-state index contributed by atoms with van der Waals surface area (Å²) in [6, 6.07) is 17.5. The third-order valence-electron chi connectivity index (χ3n) is 8.21. The van der Waals surface area contributed by atoms with Crippen LogP contribution >= 0.6 is 0 Å². The van der Waals surface area contributed by atoms with E-state index in [1.54, 1.807) is 4.68 Å². The Balaban J connectivity index is 1.53. The molecule has 41 heavy (non-hydrogen) atoms. The minimum absolute atomic E-state index is 0.138. The third kappa shape index (κ3) is 7.45. The van der Waals surface area contributed by atoms with Gasteiger partial charge in [-0.2, -0.15) is 5.10 Å². The molecule has 0 saturated carbocycles. The number of hydrogen-bond acceptors (Lipinski definition) is 4. The first-order chi connectivity index (χ1) is 19.4. The summed E-state index contributed by atoms with van der Waals surface area (Å²) >= 11 is 0. The molecular formula is C34H47N5O2. The molecule has 1 fully saturated rings. The lowest BCUT2D eigenvalue weighted by Gasteiger charge is -2.35. The molecule has 1 atom stereocenters. The van der Waals surface area contributed by atoms with Gasteiger partial charge < -0.3 is 10.6 Å². The summed E-state index contributed by atoms with van der Waals surface area (Å²) in [4.78, 5) is 27.0. The molecule has 1 unspecified atom stereocenters. The highest BCUT2D eigenvalue weighted by atomic mass is 16.2. The van der Waals surface area contributed by atoms with E-state index in [4.69, 9.17) is 5.10 Å². The second-order valence-corrected chi connectivity index (χ2v) is 13.2. The molecular weight excluding hydrogens is 510 g/mol. The Bertz CT molecular complexity index is 1330.